The molecule has 2 aliphatic rings. The molecular weight excluding hydrogens is 458 g/mol. The summed E-state index contributed by atoms with van der Waals surface area (Å²) < 4.78 is 27.2. The number of nitrogens with zero attached hydrogens (tertiary/aromatic N) is 5. The van der Waals surface area contributed by atoms with Crippen molar-refractivity contribution >= 4 is 43.3 Å². The molecule has 2 fully saturated rings. The van der Waals surface area contributed by atoms with E-state index in [-0.39, 0.29) is 10.8 Å². The van der Waals surface area contributed by atoms with Gasteiger partial charge in [0.25, 0.3) is 5.91 Å². The van der Waals surface area contributed by atoms with Gasteiger partial charge in [-0.1, -0.05) is 6.42 Å². The molecule has 0 aliphatic carbocycles. The van der Waals surface area contributed by atoms with Crippen LogP contribution in [0.4, 0.5) is 5.82 Å². The van der Waals surface area contributed by atoms with Gasteiger partial charge in [-0.15, -0.1) is 11.3 Å². The molecule has 2 aliphatic heterocycles. The second kappa shape index (κ2) is 9.00. The molecular formula is C23H27N5O3S2. The summed E-state index contributed by atoms with van der Waals surface area (Å²) in [5.41, 5.74) is 0.513. The zero-order valence-corrected chi connectivity index (χ0v) is 20.2. The summed E-state index contributed by atoms with van der Waals surface area (Å²) >= 11 is 1.66. The van der Waals surface area contributed by atoms with Crippen LogP contribution >= 0.6 is 11.3 Å². The van der Waals surface area contributed by atoms with Gasteiger partial charge in [0.1, 0.15) is 17.0 Å². The summed E-state index contributed by atoms with van der Waals surface area (Å²) in [6.07, 6.45) is 4.47. The molecule has 0 atom stereocenters. The molecule has 0 radical (unpaired) electrons. The van der Waals surface area contributed by atoms with Crippen LogP contribution in [0.5, 0.6) is 0 Å². The Bertz CT molecular complexity index is 1260. The summed E-state index contributed by atoms with van der Waals surface area (Å²) in [6, 6.07) is 8.50. The van der Waals surface area contributed by atoms with Gasteiger partial charge in [-0.25, -0.2) is 18.4 Å². The third kappa shape index (κ3) is 4.34. The third-order valence-electron chi connectivity index (χ3n) is 6.35. The first-order valence-corrected chi connectivity index (χ1v) is 13.5. The molecule has 0 saturated carbocycles. The van der Waals surface area contributed by atoms with Gasteiger partial charge in [-0.05, 0) is 50.1 Å². The smallest absolute Gasteiger partial charge is 0.253 e. The number of carbonyl (C=O) groups excluding carboxylic acids is 1. The minimum Gasteiger partial charge on any atom is -0.352 e. The number of amides is 1. The second-order valence-electron chi connectivity index (χ2n) is 8.54. The zero-order valence-electron chi connectivity index (χ0n) is 18.6. The molecule has 1 aromatic carbocycles. The minimum absolute atomic E-state index is 0.0733. The monoisotopic (exact) mass is 485 g/mol. The second-order valence-corrected chi connectivity index (χ2v) is 11.7. The molecule has 10 heteroatoms. The van der Waals surface area contributed by atoms with E-state index in [9.17, 15) is 13.2 Å². The summed E-state index contributed by atoms with van der Waals surface area (Å²) in [6.45, 7) is 5.74. The molecule has 174 valence electrons. The van der Waals surface area contributed by atoms with Crippen molar-refractivity contribution in [1.82, 2.24) is 19.2 Å². The summed E-state index contributed by atoms with van der Waals surface area (Å²) in [7, 11) is -3.49. The normalized spacial score (nSPS) is 18.1. The Labute approximate surface area is 197 Å². The van der Waals surface area contributed by atoms with Gasteiger partial charge >= 0.3 is 0 Å². The molecule has 0 spiro atoms. The van der Waals surface area contributed by atoms with Crippen molar-refractivity contribution < 1.29 is 13.2 Å². The Morgan fingerprint density at radius 1 is 0.939 bits per heavy atom. The fourth-order valence-corrected chi connectivity index (χ4v) is 6.90. The highest BCUT2D eigenvalue weighted by Crippen LogP contribution is 2.30. The topological polar surface area (TPSA) is 86.7 Å². The SMILES string of the molecule is Cc1cc2c(N3CCN(C(=O)c4ccc(S(=O)(=O)N5CCCCC5)cc4)CC3)ncnc2s1. The third-order valence-corrected chi connectivity index (χ3v) is 9.22. The number of piperazine rings is 1. The van der Waals surface area contributed by atoms with Crippen LogP contribution < -0.4 is 4.90 Å². The van der Waals surface area contributed by atoms with E-state index in [1.807, 2.05) is 4.90 Å². The van der Waals surface area contributed by atoms with Crippen LogP contribution in [0.2, 0.25) is 0 Å². The van der Waals surface area contributed by atoms with E-state index in [0.717, 1.165) is 35.3 Å². The number of fused-ring (bicyclic) bond motifs is 1. The van der Waals surface area contributed by atoms with Crippen LogP contribution in [0.25, 0.3) is 10.2 Å². The molecule has 2 saturated heterocycles. The summed E-state index contributed by atoms with van der Waals surface area (Å²) in [4.78, 5) is 28.4. The predicted molar refractivity (Wildman–Crippen MR) is 129 cm³/mol. The van der Waals surface area contributed by atoms with Crippen molar-refractivity contribution in [2.24, 2.45) is 0 Å². The number of hydrogen-bond acceptors (Lipinski definition) is 7. The lowest BCUT2D eigenvalue weighted by Gasteiger charge is -2.35. The number of aryl methyl sites for hydroxylation is 1. The van der Waals surface area contributed by atoms with E-state index in [2.05, 4.69) is 27.9 Å². The van der Waals surface area contributed by atoms with Crippen LogP contribution in [0, 0.1) is 6.92 Å². The number of thiophene rings is 1. The van der Waals surface area contributed by atoms with Crippen LogP contribution in [0.3, 0.4) is 0 Å². The zero-order chi connectivity index (χ0) is 23.0. The number of anilines is 1. The van der Waals surface area contributed by atoms with Crippen LogP contribution in [0.1, 0.15) is 34.5 Å². The molecule has 33 heavy (non-hydrogen) atoms. The largest absolute Gasteiger partial charge is 0.352 e. The Morgan fingerprint density at radius 3 is 2.33 bits per heavy atom. The summed E-state index contributed by atoms with van der Waals surface area (Å²) in [5, 5.41) is 1.06. The molecule has 0 bridgehead atoms. The van der Waals surface area contributed by atoms with E-state index in [0.29, 0.717) is 44.8 Å². The Hall–Kier alpha value is -2.56. The van der Waals surface area contributed by atoms with Gasteiger partial charge in [-0.3, -0.25) is 4.79 Å². The Balaban J connectivity index is 1.25. The number of hydrogen-bond donors (Lipinski definition) is 0. The number of benzene rings is 1. The molecule has 0 unspecified atom stereocenters. The minimum atomic E-state index is -3.49. The quantitative estimate of drug-likeness (QED) is 0.564. The van der Waals surface area contributed by atoms with Gasteiger partial charge < -0.3 is 9.80 Å². The van der Waals surface area contributed by atoms with Crippen molar-refractivity contribution in [2.75, 3.05) is 44.2 Å². The first-order chi connectivity index (χ1) is 15.9. The van der Waals surface area contributed by atoms with Crippen molar-refractivity contribution in [3.63, 3.8) is 0 Å². The Kier molecular flexibility index (Phi) is 6.07. The van der Waals surface area contributed by atoms with Crippen molar-refractivity contribution in [1.29, 1.82) is 0 Å². The number of sulfonamides is 1. The molecule has 5 rings (SSSR count). The number of rotatable bonds is 4. The maximum Gasteiger partial charge on any atom is 0.253 e. The lowest BCUT2D eigenvalue weighted by Crippen LogP contribution is -2.49. The van der Waals surface area contributed by atoms with Gasteiger partial charge in [0.05, 0.1) is 10.3 Å². The summed E-state index contributed by atoms with van der Waals surface area (Å²) in [5.74, 6) is 0.847. The highest BCUT2D eigenvalue weighted by molar-refractivity contribution is 7.89. The first-order valence-electron chi connectivity index (χ1n) is 11.3. The fraction of sp³-hybridized carbons (Fsp3) is 0.435. The average molecular weight is 486 g/mol. The van der Waals surface area contributed by atoms with E-state index in [1.165, 1.54) is 4.88 Å². The molecule has 8 nitrogen and oxygen atoms in total. The van der Waals surface area contributed by atoms with Crippen molar-refractivity contribution in [2.45, 2.75) is 31.1 Å². The lowest BCUT2D eigenvalue weighted by atomic mass is 10.2. The van der Waals surface area contributed by atoms with E-state index in [1.54, 1.807) is 46.2 Å². The van der Waals surface area contributed by atoms with Crippen LogP contribution in [-0.4, -0.2) is 72.8 Å². The molecule has 4 heterocycles. The Morgan fingerprint density at radius 2 is 1.64 bits per heavy atom. The van der Waals surface area contributed by atoms with Gasteiger partial charge in [-0.2, -0.15) is 4.31 Å². The van der Waals surface area contributed by atoms with E-state index >= 15 is 0 Å². The number of aromatic nitrogens is 2. The van der Waals surface area contributed by atoms with E-state index in [4.69, 9.17) is 0 Å². The maximum atomic E-state index is 13.0. The molecule has 0 N–H and O–H groups in total. The molecule has 3 aromatic rings. The van der Waals surface area contributed by atoms with Gasteiger partial charge in [0.15, 0.2) is 0 Å². The average Bonchev–Trinajstić information content (AvgIpc) is 3.24. The van der Waals surface area contributed by atoms with Crippen LogP contribution in [-0.2, 0) is 10.0 Å². The van der Waals surface area contributed by atoms with Crippen molar-refractivity contribution in [3.8, 4) is 0 Å². The number of carbonyl (C=O) groups is 1. The van der Waals surface area contributed by atoms with Gasteiger partial charge in [0, 0.05) is 49.7 Å². The molecule has 1 amide bonds. The van der Waals surface area contributed by atoms with Gasteiger partial charge in [0.2, 0.25) is 10.0 Å². The van der Waals surface area contributed by atoms with Crippen molar-refractivity contribution in [3.05, 3.63) is 47.1 Å². The lowest BCUT2D eigenvalue weighted by molar-refractivity contribution is 0.0746. The molecule has 2 aromatic heterocycles. The predicted octanol–water partition coefficient (Wildman–Crippen LogP) is 3.14. The highest BCUT2D eigenvalue weighted by atomic mass is 32.2. The number of piperidine rings is 1. The maximum absolute atomic E-state index is 13.0. The first kappa shape index (κ1) is 22.2. The van der Waals surface area contributed by atoms with E-state index < -0.39 is 10.0 Å². The standard InChI is InChI=1S/C23H27N5O3S2/c1-17-15-20-21(24-16-25-22(20)32-17)26-11-13-27(14-12-26)23(29)18-5-7-19(8-6-18)33(30,31)28-9-3-2-4-10-28/h5-8,15-16H,2-4,9-14H2,1H3. The highest BCUT2D eigenvalue weighted by Gasteiger charge is 2.27. The fourth-order valence-electron chi connectivity index (χ4n) is 4.54. The van der Waals surface area contributed by atoms with Crippen LogP contribution in [0.15, 0.2) is 41.6 Å².